The zero-order chi connectivity index (χ0) is 11.0. The van der Waals surface area contributed by atoms with Gasteiger partial charge in [0, 0.05) is 0 Å². The average molecular weight is 348 g/mol. The van der Waals surface area contributed by atoms with E-state index in [0.717, 1.165) is 0 Å². The predicted molar refractivity (Wildman–Crippen MR) is 64.7 cm³/mol. The third kappa shape index (κ3) is 3.88. The summed E-state index contributed by atoms with van der Waals surface area (Å²) in [5.74, 6) is 0. The quantitative estimate of drug-likeness (QED) is 0.537. The van der Waals surface area contributed by atoms with E-state index in [1.807, 2.05) is 0 Å². The summed E-state index contributed by atoms with van der Waals surface area (Å²) in [6, 6.07) is 0. The summed E-state index contributed by atoms with van der Waals surface area (Å²) in [7, 11) is 0. The fourth-order valence-electron chi connectivity index (χ4n) is 2.13. The molecule has 0 N–H and O–H groups in total. The Morgan fingerprint density at radius 3 is 2.12 bits per heavy atom. The number of hydrogen-bond acceptors (Lipinski definition) is 0. The van der Waals surface area contributed by atoms with Crippen molar-refractivity contribution < 1.29 is 46.1 Å². The van der Waals surface area contributed by atoms with Crippen molar-refractivity contribution in [2.75, 3.05) is 0 Å². The average Bonchev–Trinajstić information content (AvgIpc) is 2.74. The molecule has 0 unspecified atom stereocenters. The maximum Gasteiger partial charge on any atom is -1.00 e. The van der Waals surface area contributed by atoms with Gasteiger partial charge in [-0.05, 0) is 0 Å². The van der Waals surface area contributed by atoms with E-state index in [1.165, 1.54) is 24.0 Å². The van der Waals surface area contributed by atoms with Crippen LogP contribution in [0.25, 0.3) is 0 Å². The summed E-state index contributed by atoms with van der Waals surface area (Å²) in [6.07, 6.45) is 9.51. The normalized spacial score (nSPS) is 17.4. The Morgan fingerprint density at radius 2 is 1.71 bits per heavy atom. The number of halogens is 2. The first-order valence-electron chi connectivity index (χ1n) is 5.52. The first-order chi connectivity index (χ1) is 7.08. The van der Waals surface area contributed by atoms with E-state index >= 15 is 0 Å². The van der Waals surface area contributed by atoms with Crippen LogP contribution in [-0.4, -0.2) is 4.21 Å². The summed E-state index contributed by atoms with van der Waals surface area (Å²) >= 11 is -1.64. The summed E-state index contributed by atoms with van der Waals surface area (Å²) in [4.78, 5) is 0. The molecule has 0 nitrogen and oxygen atoms in total. The maximum absolute atomic E-state index is 4.51. The van der Waals surface area contributed by atoms with Crippen molar-refractivity contribution in [3.63, 3.8) is 0 Å². The Balaban J connectivity index is 0.00000128. The van der Waals surface area contributed by atoms with Gasteiger partial charge in [-0.25, -0.2) is 0 Å². The van der Waals surface area contributed by atoms with Crippen LogP contribution in [0.3, 0.4) is 0 Å². The van der Waals surface area contributed by atoms with Gasteiger partial charge in [-0.15, -0.1) is 0 Å². The maximum atomic E-state index is 4.51. The second kappa shape index (κ2) is 7.02. The molecule has 17 heavy (non-hydrogen) atoms. The second-order valence-electron chi connectivity index (χ2n) is 4.61. The minimum atomic E-state index is -1.64. The Kier molecular flexibility index (Phi) is 7.14. The van der Waals surface area contributed by atoms with Crippen LogP contribution in [0.15, 0.2) is 41.5 Å². The van der Waals surface area contributed by atoms with Gasteiger partial charge in [-0.3, -0.25) is 0 Å². The monoisotopic (exact) mass is 346 g/mol. The Hall–Kier alpha value is 0.293. The molecule has 0 atom stereocenters. The number of rotatable bonds is 2. The first-order valence-corrected chi connectivity index (χ1v) is 9.71. The van der Waals surface area contributed by atoms with Crippen molar-refractivity contribution >= 4 is 4.21 Å². The Morgan fingerprint density at radius 1 is 1.06 bits per heavy atom. The molecule has 0 bridgehead atoms. The van der Waals surface area contributed by atoms with Crippen molar-refractivity contribution in [3.05, 3.63) is 41.5 Å². The predicted octanol–water partition coefficient (Wildman–Crippen LogP) is -2.10. The van der Waals surface area contributed by atoms with Crippen LogP contribution in [0, 0.1) is 0 Å². The molecule has 0 radical (unpaired) electrons. The van der Waals surface area contributed by atoms with Gasteiger partial charge in [0.1, 0.15) is 0 Å². The summed E-state index contributed by atoms with van der Waals surface area (Å²) < 4.78 is 7.86. The SMILES string of the molecule is [CH2]=[Zr+2]([C]1=CC(C)=CC1)[C]1=CC(C)=C(C)C1.[Cl-].[Cl-]. The summed E-state index contributed by atoms with van der Waals surface area (Å²) in [5.41, 5.74) is 4.47. The van der Waals surface area contributed by atoms with E-state index in [-0.39, 0.29) is 24.8 Å². The molecule has 0 aliphatic heterocycles. The molecule has 3 heteroatoms. The molecule has 2 aliphatic carbocycles. The van der Waals surface area contributed by atoms with E-state index in [9.17, 15) is 0 Å². The zero-order valence-corrected chi connectivity index (χ0v) is 14.6. The van der Waals surface area contributed by atoms with Gasteiger partial charge in [0.15, 0.2) is 0 Å². The van der Waals surface area contributed by atoms with E-state index in [2.05, 4.69) is 43.2 Å². The smallest absolute Gasteiger partial charge is 1.00 e. The van der Waals surface area contributed by atoms with E-state index in [1.54, 1.807) is 12.1 Å². The van der Waals surface area contributed by atoms with Crippen LogP contribution in [0.5, 0.6) is 0 Å². The largest absolute Gasteiger partial charge is 1.00 e. The molecule has 2 rings (SSSR count). The molecule has 0 amide bonds. The van der Waals surface area contributed by atoms with Gasteiger partial charge in [0.25, 0.3) is 0 Å². The molecule has 0 saturated carbocycles. The third-order valence-corrected chi connectivity index (χ3v) is 8.80. The van der Waals surface area contributed by atoms with Crippen LogP contribution in [0.1, 0.15) is 33.6 Å². The fourth-order valence-corrected chi connectivity index (χ4v) is 7.13. The van der Waals surface area contributed by atoms with E-state index < -0.39 is 21.3 Å². The van der Waals surface area contributed by atoms with E-state index in [0.29, 0.717) is 0 Å². The summed E-state index contributed by atoms with van der Waals surface area (Å²) in [5, 5.41) is 0. The van der Waals surface area contributed by atoms with Crippen LogP contribution >= 0.6 is 0 Å². The summed E-state index contributed by atoms with van der Waals surface area (Å²) in [6.45, 7) is 6.67. The van der Waals surface area contributed by atoms with Crippen molar-refractivity contribution in [2.24, 2.45) is 0 Å². The topological polar surface area (TPSA) is 0 Å². The zero-order valence-electron chi connectivity index (χ0n) is 10.6. The van der Waals surface area contributed by atoms with Crippen LogP contribution < -0.4 is 24.8 Å². The number of hydrogen-bond donors (Lipinski definition) is 0. The second-order valence-corrected chi connectivity index (χ2v) is 10.1. The van der Waals surface area contributed by atoms with Gasteiger partial charge in [-0.1, -0.05) is 0 Å². The van der Waals surface area contributed by atoms with Crippen molar-refractivity contribution in [2.45, 2.75) is 33.6 Å². The standard InChI is InChI=1S/C7H9.C6H7.CH2.2ClH.Zr/c1-6-4-3-5-7(6)2;1-6-4-2-3-5-6;;;;/h4H,5H2,1-2H3;4-5H,2H2,1H3;1H2;2*1H;/q;;;;;+2/p-2. The molecule has 2 aliphatic rings. The van der Waals surface area contributed by atoms with Crippen LogP contribution in [0.4, 0.5) is 0 Å². The molecule has 92 valence electrons. The fraction of sp³-hybridized carbons (Fsp3) is 0.357. The molecule has 0 spiro atoms. The van der Waals surface area contributed by atoms with Gasteiger partial charge >= 0.3 is 101 Å². The molecule has 0 fully saturated rings. The molecule has 0 saturated heterocycles. The first kappa shape index (κ1) is 17.3. The third-order valence-electron chi connectivity index (χ3n) is 3.34. The van der Waals surface area contributed by atoms with Crippen molar-refractivity contribution in [1.82, 2.24) is 0 Å². The van der Waals surface area contributed by atoms with Crippen molar-refractivity contribution in [1.29, 1.82) is 0 Å². The molecule has 0 aromatic rings. The van der Waals surface area contributed by atoms with Gasteiger partial charge in [-0.2, -0.15) is 0 Å². The Labute approximate surface area is 125 Å². The molecule has 0 aromatic carbocycles. The molecular weight excluding hydrogens is 330 g/mol. The molecule has 0 aromatic heterocycles. The minimum Gasteiger partial charge on any atom is -1.00 e. The Bertz CT molecular complexity index is 451. The van der Waals surface area contributed by atoms with Crippen molar-refractivity contribution in [3.8, 4) is 0 Å². The van der Waals surface area contributed by atoms with Crippen LogP contribution in [-0.2, 0) is 21.3 Å². The molecule has 0 heterocycles. The van der Waals surface area contributed by atoms with E-state index in [4.69, 9.17) is 0 Å². The molecular formula is C14H18Cl2Zr. The van der Waals surface area contributed by atoms with Gasteiger partial charge < -0.3 is 24.8 Å². The van der Waals surface area contributed by atoms with Crippen LogP contribution in [0.2, 0.25) is 0 Å². The van der Waals surface area contributed by atoms with Gasteiger partial charge in [0.05, 0.1) is 0 Å². The van der Waals surface area contributed by atoms with Gasteiger partial charge in [0.2, 0.25) is 0 Å². The minimum absolute atomic E-state index is 0. The number of allylic oxidation sites excluding steroid dienone is 8.